The fraction of sp³-hybridized carbons (Fsp3) is 0.680. The molecule has 2 aromatic rings. The quantitative estimate of drug-likeness (QED) is 0.741. The maximum Gasteiger partial charge on any atom is 0.220 e. The third kappa shape index (κ3) is 5.03. The fourth-order valence-corrected chi connectivity index (χ4v) is 6.06. The number of tetrazole rings is 1. The molecule has 2 aliphatic heterocycles. The van der Waals surface area contributed by atoms with E-state index in [2.05, 4.69) is 25.6 Å². The number of aromatic nitrogens is 4. The molecule has 0 bridgehead atoms. The first-order valence-corrected chi connectivity index (χ1v) is 12.6. The second-order valence-electron chi connectivity index (χ2n) is 9.91. The lowest BCUT2D eigenvalue weighted by atomic mass is 9.81. The molecule has 7 heteroatoms. The third-order valence-electron chi connectivity index (χ3n) is 7.82. The summed E-state index contributed by atoms with van der Waals surface area (Å²) < 4.78 is 0. The number of rotatable bonds is 6. The van der Waals surface area contributed by atoms with Crippen LogP contribution >= 0.6 is 0 Å². The van der Waals surface area contributed by atoms with Gasteiger partial charge in [0, 0.05) is 24.1 Å². The molecule has 1 N–H and O–H groups in total. The summed E-state index contributed by atoms with van der Waals surface area (Å²) in [7, 11) is 0. The van der Waals surface area contributed by atoms with E-state index in [-0.39, 0.29) is 18.0 Å². The molecular formula is C25H36N6O. The molecule has 0 radical (unpaired) electrons. The summed E-state index contributed by atoms with van der Waals surface area (Å²) in [5.74, 6) is 1.63. The van der Waals surface area contributed by atoms with Crippen LogP contribution in [0.1, 0.15) is 76.7 Å². The summed E-state index contributed by atoms with van der Waals surface area (Å²) >= 11 is 0. The first-order valence-electron chi connectivity index (χ1n) is 12.6. The second kappa shape index (κ2) is 10.1. The van der Waals surface area contributed by atoms with Gasteiger partial charge in [-0.1, -0.05) is 36.8 Å². The number of carbonyl (C=O) groups excluding carboxylic acids is 1. The molecule has 0 spiro atoms. The topological polar surface area (TPSA) is 75.9 Å². The number of hydrogen-bond donors (Lipinski definition) is 1. The smallest absolute Gasteiger partial charge is 0.220 e. The minimum atomic E-state index is 0.242. The Kier molecular flexibility index (Phi) is 6.81. The van der Waals surface area contributed by atoms with Crippen LogP contribution in [0.3, 0.4) is 0 Å². The van der Waals surface area contributed by atoms with Gasteiger partial charge >= 0.3 is 0 Å². The third-order valence-corrected chi connectivity index (χ3v) is 7.82. The highest BCUT2D eigenvalue weighted by atomic mass is 16.1. The highest BCUT2D eigenvalue weighted by Gasteiger charge is 2.33. The van der Waals surface area contributed by atoms with E-state index < -0.39 is 0 Å². The predicted molar refractivity (Wildman–Crippen MR) is 124 cm³/mol. The molecule has 1 aromatic heterocycles. The van der Waals surface area contributed by atoms with Gasteiger partial charge in [-0.25, -0.2) is 0 Å². The van der Waals surface area contributed by atoms with Gasteiger partial charge in [-0.2, -0.15) is 4.80 Å². The summed E-state index contributed by atoms with van der Waals surface area (Å²) in [5.41, 5.74) is 0.994. The van der Waals surface area contributed by atoms with Crippen molar-refractivity contribution < 1.29 is 4.79 Å². The van der Waals surface area contributed by atoms with Crippen molar-refractivity contribution in [1.82, 2.24) is 30.4 Å². The van der Waals surface area contributed by atoms with Crippen LogP contribution < -0.4 is 5.32 Å². The maximum atomic E-state index is 12.7. The number of nitrogens with zero attached hydrogens (tertiary/aromatic N) is 5. The van der Waals surface area contributed by atoms with Crippen molar-refractivity contribution in [3.63, 3.8) is 0 Å². The monoisotopic (exact) mass is 436 g/mol. The van der Waals surface area contributed by atoms with Crippen LogP contribution in [0.5, 0.6) is 0 Å². The Balaban J connectivity index is 1.06. The Bertz CT molecular complexity index is 874. The highest BCUT2D eigenvalue weighted by molar-refractivity contribution is 5.76. The first-order chi connectivity index (χ1) is 15.8. The highest BCUT2D eigenvalue weighted by Crippen LogP contribution is 2.33. The number of amides is 1. The number of hydrogen-bond acceptors (Lipinski definition) is 5. The zero-order chi connectivity index (χ0) is 21.8. The van der Waals surface area contributed by atoms with E-state index in [1.807, 2.05) is 30.3 Å². The van der Waals surface area contributed by atoms with E-state index in [0.29, 0.717) is 18.2 Å². The Morgan fingerprint density at radius 2 is 1.78 bits per heavy atom. The van der Waals surface area contributed by atoms with E-state index in [4.69, 9.17) is 0 Å². The molecule has 1 aliphatic carbocycles. The van der Waals surface area contributed by atoms with E-state index in [0.717, 1.165) is 43.7 Å². The molecule has 1 amide bonds. The summed E-state index contributed by atoms with van der Waals surface area (Å²) in [4.78, 5) is 17.1. The second-order valence-corrected chi connectivity index (χ2v) is 9.91. The van der Waals surface area contributed by atoms with Gasteiger partial charge in [-0.05, 0) is 82.0 Å². The molecule has 3 fully saturated rings. The van der Waals surface area contributed by atoms with Crippen molar-refractivity contribution in [2.75, 3.05) is 13.1 Å². The molecule has 1 aromatic carbocycles. The van der Waals surface area contributed by atoms with E-state index in [1.165, 1.54) is 45.2 Å². The Morgan fingerprint density at radius 1 is 0.969 bits per heavy atom. The van der Waals surface area contributed by atoms with Crippen LogP contribution in [0.4, 0.5) is 0 Å². The lowest BCUT2D eigenvalue weighted by Crippen LogP contribution is -2.48. The number of fused-ring (bicyclic) bond motifs is 1. The van der Waals surface area contributed by atoms with Crippen molar-refractivity contribution in [3.8, 4) is 11.4 Å². The van der Waals surface area contributed by atoms with Gasteiger partial charge in [0.15, 0.2) is 0 Å². The molecule has 3 heterocycles. The Hall–Kier alpha value is -2.28. The standard InChI is InChI=1S/C25H36N6O/c32-24(16-11-19-9-6-18-30-17-5-4-10-23(19)30)26-21-12-14-22(15-13-21)31-28-25(27-29-31)20-7-2-1-3-8-20/h1-3,7-8,19,21-23H,4-6,9-18H2,(H,26,32)/t19-,21?,22?,23+/m0/s1. The normalized spacial score (nSPS) is 28.8. The Morgan fingerprint density at radius 3 is 2.62 bits per heavy atom. The van der Waals surface area contributed by atoms with Gasteiger partial charge in [0.1, 0.15) is 0 Å². The Labute approximate surface area is 190 Å². The molecule has 1 saturated carbocycles. The van der Waals surface area contributed by atoms with Gasteiger partial charge in [0.05, 0.1) is 6.04 Å². The largest absolute Gasteiger partial charge is 0.353 e. The molecule has 32 heavy (non-hydrogen) atoms. The van der Waals surface area contributed by atoms with Crippen LogP contribution in [-0.2, 0) is 4.79 Å². The van der Waals surface area contributed by atoms with Crippen molar-refractivity contribution in [2.24, 2.45) is 5.92 Å². The zero-order valence-corrected chi connectivity index (χ0v) is 19.0. The van der Waals surface area contributed by atoms with Crippen molar-refractivity contribution in [2.45, 2.75) is 88.8 Å². The van der Waals surface area contributed by atoms with Gasteiger partial charge in [-0.15, -0.1) is 10.2 Å². The predicted octanol–water partition coefficient (Wildman–Crippen LogP) is 3.98. The SMILES string of the molecule is O=C(CC[C@@H]1CCCN2CCCC[C@H]12)NC1CCC(n2nnc(-c3ccccc3)n2)CC1. The first kappa shape index (κ1) is 21.6. The molecule has 2 atom stereocenters. The minimum absolute atomic E-state index is 0.242. The molecule has 3 aliphatic rings. The fourth-order valence-electron chi connectivity index (χ4n) is 6.06. The number of benzene rings is 1. The van der Waals surface area contributed by atoms with Gasteiger partial charge in [0.25, 0.3) is 0 Å². The lowest BCUT2D eigenvalue weighted by molar-refractivity contribution is -0.122. The van der Waals surface area contributed by atoms with Crippen molar-refractivity contribution in [1.29, 1.82) is 0 Å². The average molecular weight is 437 g/mol. The van der Waals surface area contributed by atoms with Gasteiger partial charge in [0.2, 0.25) is 11.7 Å². The number of nitrogens with one attached hydrogen (secondary N) is 1. The molecule has 5 rings (SSSR count). The van der Waals surface area contributed by atoms with Crippen LogP contribution in [-0.4, -0.2) is 56.2 Å². The lowest BCUT2D eigenvalue weighted by Gasteiger charge is -2.44. The number of carbonyl (C=O) groups is 1. The molecule has 0 unspecified atom stereocenters. The minimum Gasteiger partial charge on any atom is -0.353 e. The van der Waals surface area contributed by atoms with Crippen LogP contribution in [0.25, 0.3) is 11.4 Å². The molecule has 7 nitrogen and oxygen atoms in total. The van der Waals surface area contributed by atoms with E-state index in [9.17, 15) is 4.79 Å². The van der Waals surface area contributed by atoms with Crippen molar-refractivity contribution >= 4 is 5.91 Å². The average Bonchev–Trinajstić information content (AvgIpc) is 3.34. The molecule has 2 saturated heterocycles. The van der Waals surface area contributed by atoms with Crippen LogP contribution in [0.15, 0.2) is 30.3 Å². The number of piperidine rings is 2. The van der Waals surface area contributed by atoms with Gasteiger partial charge < -0.3 is 10.2 Å². The molecule has 172 valence electrons. The summed E-state index contributed by atoms with van der Waals surface area (Å²) in [6.45, 7) is 2.54. The summed E-state index contributed by atoms with van der Waals surface area (Å²) in [6.07, 6.45) is 12.3. The zero-order valence-electron chi connectivity index (χ0n) is 19.0. The van der Waals surface area contributed by atoms with E-state index in [1.54, 1.807) is 4.80 Å². The molecular weight excluding hydrogens is 400 g/mol. The van der Waals surface area contributed by atoms with Crippen LogP contribution in [0, 0.1) is 5.92 Å². The van der Waals surface area contributed by atoms with Crippen molar-refractivity contribution in [3.05, 3.63) is 30.3 Å². The summed E-state index contributed by atoms with van der Waals surface area (Å²) in [5, 5.41) is 16.5. The van der Waals surface area contributed by atoms with Crippen LogP contribution in [0.2, 0.25) is 0 Å². The van der Waals surface area contributed by atoms with Gasteiger partial charge in [-0.3, -0.25) is 4.79 Å². The maximum absolute atomic E-state index is 12.7. The summed E-state index contributed by atoms with van der Waals surface area (Å²) in [6, 6.07) is 11.3. The van der Waals surface area contributed by atoms with E-state index >= 15 is 0 Å².